The number of nitrogens with zero attached hydrogens (tertiary/aromatic N) is 2. The minimum atomic E-state index is -0.286. The Morgan fingerprint density at radius 3 is 2.48 bits per heavy atom. The molecule has 0 saturated carbocycles. The normalized spacial score (nSPS) is 11.0. The van der Waals surface area contributed by atoms with E-state index in [1.165, 1.54) is 6.26 Å². The van der Waals surface area contributed by atoms with E-state index in [-0.39, 0.29) is 36.1 Å². The summed E-state index contributed by atoms with van der Waals surface area (Å²) >= 11 is 0. The van der Waals surface area contributed by atoms with Crippen molar-refractivity contribution in [1.29, 1.82) is 0 Å². The summed E-state index contributed by atoms with van der Waals surface area (Å²) in [6.45, 7) is 9.74. The summed E-state index contributed by atoms with van der Waals surface area (Å²) in [6.07, 6.45) is 1.32. The quantitative estimate of drug-likeness (QED) is 0.874. The number of carbonyl (C=O) groups is 2. The highest BCUT2D eigenvalue weighted by atomic mass is 16.3. The molecule has 25 heavy (non-hydrogen) atoms. The minimum absolute atomic E-state index is 0.0162. The van der Waals surface area contributed by atoms with Crippen molar-refractivity contribution in [1.82, 2.24) is 15.2 Å². The Balaban J connectivity index is 2.18. The summed E-state index contributed by atoms with van der Waals surface area (Å²) in [5.41, 5.74) is 1.79. The van der Waals surface area contributed by atoms with Crippen LogP contribution in [0.5, 0.6) is 0 Å². The van der Waals surface area contributed by atoms with Crippen LogP contribution >= 0.6 is 0 Å². The molecule has 0 aliphatic heterocycles. The molecule has 1 heterocycles. The third-order valence-corrected chi connectivity index (χ3v) is 3.77. The number of carbonyl (C=O) groups excluding carboxylic acids is 2. The van der Waals surface area contributed by atoms with Crippen LogP contribution in [0.15, 0.2) is 34.9 Å². The first-order valence-corrected chi connectivity index (χ1v) is 8.41. The number of hydrogen-bond acceptors (Lipinski definition) is 4. The number of rotatable bonds is 6. The monoisotopic (exact) mass is 343 g/mol. The zero-order valence-electron chi connectivity index (χ0n) is 15.4. The molecule has 2 aromatic rings. The molecule has 0 aliphatic carbocycles. The SMILES string of the molecule is Cc1ccccc1C(=O)N(Cc1nc(C(=O)NC(C)C)co1)C(C)C. The molecular weight excluding hydrogens is 318 g/mol. The predicted octanol–water partition coefficient (Wildman–Crippen LogP) is 3.17. The number of amides is 2. The number of aryl methyl sites for hydroxylation is 1. The van der Waals surface area contributed by atoms with E-state index in [1.54, 1.807) is 4.90 Å². The first-order chi connectivity index (χ1) is 11.8. The highest BCUT2D eigenvalue weighted by molar-refractivity contribution is 5.95. The smallest absolute Gasteiger partial charge is 0.273 e. The summed E-state index contributed by atoms with van der Waals surface area (Å²) < 4.78 is 5.40. The molecule has 2 amide bonds. The van der Waals surface area contributed by atoms with Gasteiger partial charge in [-0.2, -0.15) is 0 Å². The molecule has 1 aromatic carbocycles. The van der Waals surface area contributed by atoms with Crippen molar-refractivity contribution >= 4 is 11.8 Å². The molecule has 0 unspecified atom stereocenters. The number of nitrogens with one attached hydrogen (secondary N) is 1. The fourth-order valence-electron chi connectivity index (χ4n) is 2.43. The van der Waals surface area contributed by atoms with Gasteiger partial charge in [0.05, 0.1) is 6.54 Å². The molecule has 2 rings (SSSR count). The van der Waals surface area contributed by atoms with Gasteiger partial charge in [-0.1, -0.05) is 18.2 Å². The van der Waals surface area contributed by atoms with Crippen molar-refractivity contribution in [2.24, 2.45) is 0 Å². The van der Waals surface area contributed by atoms with Crippen LogP contribution in [0.1, 0.15) is 60.0 Å². The molecule has 134 valence electrons. The van der Waals surface area contributed by atoms with E-state index in [1.807, 2.05) is 58.9 Å². The van der Waals surface area contributed by atoms with Gasteiger partial charge in [0.25, 0.3) is 11.8 Å². The van der Waals surface area contributed by atoms with Crippen molar-refractivity contribution in [2.45, 2.75) is 53.2 Å². The maximum atomic E-state index is 12.9. The van der Waals surface area contributed by atoms with Gasteiger partial charge in [0.15, 0.2) is 5.69 Å². The van der Waals surface area contributed by atoms with Crippen molar-refractivity contribution in [2.75, 3.05) is 0 Å². The Hall–Kier alpha value is -2.63. The van der Waals surface area contributed by atoms with Gasteiger partial charge in [0.2, 0.25) is 5.89 Å². The summed E-state index contributed by atoms with van der Waals surface area (Å²) in [7, 11) is 0. The van der Waals surface area contributed by atoms with Crippen molar-refractivity contribution in [3.05, 3.63) is 53.2 Å². The van der Waals surface area contributed by atoms with Crippen molar-refractivity contribution < 1.29 is 14.0 Å². The van der Waals surface area contributed by atoms with Gasteiger partial charge in [-0.25, -0.2) is 4.98 Å². The molecule has 0 spiro atoms. The Bertz CT molecular complexity index is 750. The topological polar surface area (TPSA) is 75.4 Å². The van der Waals surface area contributed by atoms with Crippen LogP contribution in [0.2, 0.25) is 0 Å². The number of hydrogen-bond donors (Lipinski definition) is 1. The van der Waals surface area contributed by atoms with Gasteiger partial charge in [0, 0.05) is 17.6 Å². The summed E-state index contributed by atoms with van der Waals surface area (Å²) in [5.74, 6) is -0.0321. The third kappa shape index (κ3) is 4.68. The van der Waals surface area contributed by atoms with Crippen LogP contribution in [0.25, 0.3) is 0 Å². The van der Waals surface area contributed by atoms with E-state index in [4.69, 9.17) is 4.42 Å². The van der Waals surface area contributed by atoms with Crippen LogP contribution in [0.4, 0.5) is 0 Å². The Kier molecular flexibility index (Phi) is 5.96. The van der Waals surface area contributed by atoms with Gasteiger partial charge in [0.1, 0.15) is 6.26 Å². The van der Waals surface area contributed by atoms with Crippen molar-refractivity contribution in [3.63, 3.8) is 0 Å². The maximum Gasteiger partial charge on any atom is 0.273 e. The lowest BCUT2D eigenvalue weighted by molar-refractivity contribution is 0.0671. The summed E-state index contributed by atoms with van der Waals surface area (Å²) in [5, 5.41) is 2.76. The molecule has 0 radical (unpaired) electrons. The standard InChI is InChI=1S/C19H25N3O3/c1-12(2)20-18(23)16-11-25-17(21-16)10-22(13(3)4)19(24)15-9-7-6-8-14(15)5/h6-9,11-13H,10H2,1-5H3,(H,20,23). The highest BCUT2D eigenvalue weighted by Gasteiger charge is 2.23. The number of aromatic nitrogens is 1. The second-order valence-corrected chi connectivity index (χ2v) is 6.60. The lowest BCUT2D eigenvalue weighted by Gasteiger charge is -2.26. The molecule has 0 saturated heterocycles. The minimum Gasteiger partial charge on any atom is -0.446 e. The molecule has 6 nitrogen and oxygen atoms in total. The number of oxazole rings is 1. The first kappa shape index (κ1) is 18.7. The average molecular weight is 343 g/mol. The average Bonchev–Trinajstić information content (AvgIpc) is 3.00. The fourth-order valence-corrected chi connectivity index (χ4v) is 2.43. The van der Waals surface area contributed by atoms with Gasteiger partial charge in [-0.05, 0) is 46.2 Å². The molecule has 1 aromatic heterocycles. The molecule has 0 aliphatic rings. The van der Waals surface area contributed by atoms with Crippen molar-refractivity contribution in [3.8, 4) is 0 Å². The van der Waals surface area contributed by atoms with Gasteiger partial charge >= 0.3 is 0 Å². The predicted molar refractivity (Wildman–Crippen MR) is 95.3 cm³/mol. The molecule has 0 bridgehead atoms. The molecule has 0 fully saturated rings. The summed E-state index contributed by atoms with van der Waals surface area (Å²) in [6, 6.07) is 7.45. The summed E-state index contributed by atoms with van der Waals surface area (Å²) in [4.78, 5) is 30.7. The lowest BCUT2D eigenvalue weighted by atomic mass is 10.1. The zero-order valence-corrected chi connectivity index (χ0v) is 15.4. The Morgan fingerprint density at radius 2 is 1.88 bits per heavy atom. The Morgan fingerprint density at radius 1 is 1.20 bits per heavy atom. The van der Waals surface area contributed by atoms with Crippen LogP contribution in [0.3, 0.4) is 0 Å². The van der Waals surface area contributed by atoms with Gasteiger partial charge in [-0.3, -0.25) is 9.59 Å². The van der Waals surface area contributed by atoms with E-state index in [0.29, 0.717) is 11.5 Å². The molecule has 1 N–H and O–H groups in total. The maximum absolute atomic E-state index is 12.9. The van der Waals surface area contributed by atoms with E-state index < -0.39 is 0 Å². The van der Waals surface area contributed by atoms with E-state index in [9.17, 15) is 9.59 Å². The van der Waals surface area contributed by atoms with E-state index in [0.717, 1.165) is 5.56 Å². The second-order valence-electron chi connectivity index (χ2n) is 6.60. The zero-order chi connectivity index (χ0) is 18.6. The third-order valence-electron chi connectivity index (χ3n) is 3.77. The fraction of sp³-hybridized carbons (Fsp3) is 0.421. The Labute approximate surface area is 148 Å². The van der Waals surface area contributed by atoms with Crippen LogP contribution in [-0.2, 0) is 6.54 Å². The van der Waals surface area contributed by atoms with E-state index >= 15 is 0 Å². The van der Waals surface area contributed by atoms with Gasteiger partial charge in [-0.15, -0.1) is 0 Å². The first-order valence-electron chi connectivity index (χ1n) is 8.41. The lowest BCUT2D eigenvalue weighted by Crippen LogP contribution is -2.37. The highest BCUT2D eigenvalue weighted by Crippen LogP contribution is 2.16. The largest absolute Gasteiger partial charge is 0.446 e. The van der Waals surface area contributed by atoms with Crippen LogP contribution < -0.4 is 5.32 Å². The molecule has 0 atom stereocenters. The van der Waals surface area contributed by atoms with Gasteiger partial charge < -0.3 is 14.6 Å². The van der Waals surface area contributed by atoms with Crippen LogP contribution in [-0.4, -0.2) is 33.8 Å². The number of benzene rings is 1. The molecular formula is C19H25N3O3. The van der Waals surface area contributed by atoms with E-state index in [2.05, 4.69) is 10.3 Å². The molecule has 6 heteroatoms. The van der Waals surface area contributed by atoms with Crippen LogP contribution in [0, 0.1) is 6.92 Å². The second kappa shape index (κ2) is 7.96.